The highest BCUT2D eigenvalue weighted by molar-refractivity contribution is 8.00. The SMILES string of the molecule is O=C1N[C@H]2[C@H](CS[C@H]2CCCC(F)C(=O)O)N1. The van der Waals surface area contributed by atoms with E-state index < -0.39 is 12.1 Å². The average molecular weight is 262 g/mol. The number of fused-ring (bicyclic) bond motifs is 1. The summed E-state index contributed by atoms with van der Waals surface area (Å²) >= 11 is 1.75. The van der Waals surface area contributed by atoms with Gasteiger partial charge in [-0.3, -0.25) is 0 Å². The fourth-order valence-electron chi connectivity index (χ4n) is 2.26. The fourth-order valence-corrected chi connectivity index (χ4v) is 3.81. The molecule has 0 spiro atoms. The molecule has 5 nitrogen and oxygen atoms in total. The monoisotopic (exact) mass is 262 g/mol. The number of hydrogen-bond donors (Lipinski definition) is 3. The van der Waals surface area contributed by atoms with Crippen LogP contribution in [-0.4, -0.2) is 46.4 Å². The van der Waals surface area contributed by atoms with Gasteiger partial charge in [0.25, 0.3) is 0 Å². The quantitative estimate of drug-likeness (QED) is 0.639. The summed E-state index contributed by atoms with van der Waals surface area (Å²) in [5, 5.41) is 14.3. The van der Waals surface area contributed by atoms with Crippen LogP contribution in [0.2, 0.25) is 0 Å². The van der Waals surface area contributed by atoms with Crippen molar-refractivity contribution in [3.8, 4) is 0 Å². The highest BCUT2D eigenvalue weighted by Crippen LogP contribution is 2.33. The molecule has 2 rings (SSSR count). The first-order chi connectivity index (χ1) is 8.08. The lowest BCUT2D eigenvalue weighted by Gasteiger charge is -2.16. The van der Waals surface area contributed by atoms with Gasteiger partial charge in [0.05, 0.1) is 12.1 Å². The predicted molar refractivity (Wildman–Crippen MR) is 61.9 cm³/mol. The van der Waals surface area contributed by atoms with Crippen LogP contribution in [0.4, 0.5) is 9.18 Å². The number of aliphatic carboxylic acids is 1. The van der Waals surface area contributed by atoms with Gasteiger partial charge in [-0.05, 0) is 19.3 Å². The van der Waals surface area contributed by atoms with E-state index in [4.69, 9.17) is 5.11 Å². The van der Waals surface area contributed by atoms with Crippen LogP contribution in [0.5, 0.6) is 0 Å². The van der Waals surface area contributed by atoms with E-state index in [1.165, 1.54) is 0 Å². The minimum absolute atomic E-state index is 0.0468. The fraction of sp³-hybridized carbons (Fsp3) is 0.800. The standard InChI is InChI=1S/C10H15FN2O3S/c11-5(9(14)15)2-1-3-7-8-6(4-17-7)12-10(16)13-8/h5-8H,1-4H2,(H,14,15)(H2,12,13,16)/t5?,6-,7-,8-/m0/s1. The van der Waals surface area contributed by atoms with Crippen LogP contribution in [-0.2, 0) is 4.79 Å². The maximum Gasteiger partial charge on any atom is 0.338 e. The summed E-state index contributed by atoms with van der Waals surface area (Å²) < 4.78 is 12.8. The van der Waals surface area contributed by atoms with Crippen molar-refractivity contribution in [3.63, 3.8) is 0 Å². The lowest BCUT2D eigenvalue weighted by Crippen LogP contribution is -2.36. The Morgan fingerprint density at radius 3 is 3.06 bits per heavy atom. The molecule has 96 valence electrons. The molecular weight excluding hydrogens is 247 g/mol. The molecule has 1 unspecified atom stereocenters. The average Bonchev–Trinajstić information content (AvgIpc) is 2.78. The van der Waals surface area contributed by atoms with E-state index in [1.807, 2.05) is 0 Å². The Labute approximate surface area is 103 Å². The summed E-state index contributed by atoms with van der Waals surface area (Å²) in [5.41, 5.74) is 0. The summed E-state index contributed by atoms with van der Waals surface area (Å²) in [6.45, 7) is 0. The summed E-state index contributed by atoms with van der Waals surface area (Å²) in [6.07, 6.45) is -0.454. The number of alkyl halides is 1. The molecule has 7 heteroatoms. The predicted octanol–water partition coefficient (Wildman–Crippen LogP) is 0.745. The number of hydrogen-bond acceptors (Lipinski definition) is 3. The van der Waals surface area contributed by atoms with Gasteiger partial charge in [-0.1, -0.05) is 0 Å². The Bertz CT molecular complexity index is 329. The van der Waals surface area contributed by atoms with Crippen LogP contribution in [0.3, 0.4) is 0 Å². The normalized spacial score (nSPS) is 32.8. The molecule has 2 aliphatic heterocycles. The second-order valence-corrected chi connectivity index (χ2v) is 5.63. The number of halogens is 1. The van der Waals surface area contributed by atoms with Crippen LogP contribution in [0.15, 0.2) is 0 Å². The van der Waals surface area contributed by atoms with Crippen molar-refractivity contribution in [3.05, 3.63) is 0 Å². The molecule has 2 aliphatic rings. The van der Waals surface area contributed by atoms with Crippen LogP contribution in [0, 0.1) is 0 Å². The summed E-state index contributed by atoms with van der Waals surface area (Å²) in [5.74, 6) is -0.524. The largest absolute Gasteiger partial charge is 0.479 e. The van der Waals surface area contributed by atoms with Crippen molar-refractivity contribution in [2.75, 3.05) is 5.75 Å². The highest BCUT2D eigenvalue weighted by Gasteiger charge is 2.42. The topological polar surface area (TPSA) is 78.4 Å². The van der Waals surface area contributed by atoms with Crippen molar-refractivity contribution >= 4 is 23.8 Å². The Morgan fingerprint density at radius 1 is 1.59 bits per heavy atom. The second-order valence-electron chi connectivity index (χ2n) is 4.36. The van der Waals surface area contributed by atoms with Gasteiger partial charge < -0.3 is 15.7 Å². The van der Waals surface area contributed by atoms with E-state index in [1.54, 1.807) is 11.8 Å². The van der Waals surface area contributed by atoms with E-state index in [-0.39, 0.29) is 29.8 Å². The molecule has 2 saturated heterocycles. The van der Waals surface area contributed by atoms with Gasteiger partial charge in [0, 0.05) is 11.0 Å². The number of rotatable bonds is 5. The second kappa shape index (κ2) is 5.12. The number of carboxylic acids is 1. The molecule has 17 heavy (non-hydrogen) atoms. The molecule has 0 aromatic carbocycles. The third-order valence-electron chi connectivity index (χ3n) is 3.15. The minimum Gasteiger partial charge on any atom is -0.479 e. The summed E-state index contributed by atoms with van der Waals surface area (Å²) in [4.78, 5) is 21.4. The molecule has 2 fully saturated rings. The molecule has 2 heterocycles. The number of thioether (sulfide) groups is 1. The maximum atomic E-state index is 12.8. The van der Waals surface area contributed by atoms with Gasteiger partial charge in [-0.2, -0.15) is 11.8 Å². The lowest BCUT2D eigenvalue weighted by atomic mass is 10.0. The number of amides is 2. The Balaban J connectivity index is 1.73. The lowest BCUT2D eigenvalue weighted by molar-refractivity contribution is -0.143. The number of carbonyl (C=O) groups is 2. The van der Waals surface area contributed by atoms with Crippen molar-refractivity contribution in [1.29, 1.82) is 0 Å². The zero-order valence-corrected chi connectivity index (χ0v) is 10.0. The number of carboxylic acid groups (broad SMARTS) is 1. The molecule has 0 aliphatic carbocycles. The third-order valence-corrected chi connectivity index (χ3v) is 4.66. The first kappa shape index (κ1) is 12.5. The van der Waals surface area contributed by atoms with Gasteiger partial charge >= 0.3 is 12.0 Å². The first-order valence-corrected chi connectivity index (χ1v) is 6.68. The zero-order valence-electron chi connectivity index (χ0n) is 9.19. The number of urea groups is 1. The van der Waals surface area contributed by atoms with Gasteiger partial charge in [0.2, 0.25) is 0 Å². The minimum atomic E-state index is -1.77. The molecule has 0 aromatic heterocycles. The molecule has 0 radical (unpaired) electrons. The maximum absolute atomic E-state index is 12.8. The molecule has 0 aromatic rings. The molecular formula is C10H15FN2O3S. The van der Waals surface area contributed by atoms with E-state index >= 15 is 0 Å². The van der Waals surface area contributed by atoms with E-state index in [0.717, 1.165) is 12.2 Å². The highest BCUT2D eigenvalue weighted by atomic mass is 32.2. The molecule has 0 bridgehead atoms. The van der Waals surface area contributed by atoms with Crippen LogP contribution < -0.4 is 10.6 Å². The molecule has 2 amide bonds. The van der Waals surface area contributed by atoms with Crippen LogP contribution >= 0.6 is 11.8 Å². The molecule has 0 saturated carbocycles. The smallest absolute Gasteiger partial charge is 0.338 e. The Morgan fingerprint density at radius 2 is 2.35 bits per heavy atom. The Hall–Kier alpha value is -0.980. The first-order valence-electron chi connectivity index (χ1n) is 5.63. The van der Waals surface area contributed by atoms with Crippen molar-refractivity contribution in [2.24, 2.45) is 0 Å². The molecule has 4 atom stereocenters. The van der Waals surface area contributed by atoms with Crippen molar-refractivity contribution in [1.82, 2.24) is 10.6 Å². The van der Waals surface area contributed by atoms with Crippen molar-refractivity contribution < 1.29 is 19.1 Å². The van der Waals surface area contributed by atoms with Gasteiger partial charge in [-0.25, -0.2) is 14.0 Å². The number of carbonyl (C=O) groups excluding carboxylic acids is 1. The van der Waals surface area contributed by atoms with Crippen molar-refractivity contribution in [2.45, 2.75) is 42.8 Å². The van der Waals surface area contributed by atoms with E-state index in [9.17, 15) is 14.0 Å². The van der Waals surface area contributed by atoms with E-state index in [2.05, 4.69) is 10.6 Å². The summed E-state index contributed by atoms with van der Waals surface area (Å²) in [6, 6.07) is 0.132. The zero-order chi connectivity index (χ0) is 12.4. The van der Waals surface area contributed by atoms with Gasteiger partial charge in [0.15, 0.2) is 6.17 Å². The molecule has 3 N–H and O–H groups in total. The number of nitrogens with one attached hydrogen (secondary N) is 2. The Kier molecular flexibility index (Phi) is 3.76. The third kappa shape index (κ3) is 2.83. The summed E-state index contributed by atoms with van der Waals surface area (Å²) in [7, 11) is 0. The van der Waals surface area contributed by atoms with Gasteiger partial charge in [0.1, 0.15) is 0 Å². The van der Waals surface area contributed by atoms with Gasteiger partial charge in [-0.15, -0.1) is 0 Å². The van der Waals surface area contributed by atoms with Crippen LogP contribution in [0.25, 0.3) is 0 Å². The van der Waals surface area contributed by atoms with Crippen LogP contribution in [0.1, 0.15) is 19.3 Å². The van der Waals surface area contributed by atoms with E-state index in [0.29, 0.717) is 6.42 Å².